The summed E-state index contributed by atoms with van der Waals surface area (Å²) < 4.78 is 0. The number of hydrogen-bond acceptors (Lipinski definition) is 2. The van der Waals surface area contributed by atoms with Crippen molar-refractivity contribution in [2.45, 2.75) is 39.5 Å². The molecular weight excluding hydrogens is 210 g/mol. The summed E-state index contributed by atoms with van der Waals surface area (Å²) in [7, 11) is 0. The number of aryl methyl sites for hydroxylation is 1. The Hall–Kier alpha value is -0.860. The van der Waals surface area contributed by atoms with Gasteiger partial charge in [-0.15, -0.1) is 0 Å². The van der Waals surface area contributed by atoms with Crippen LogP contribution in [-0.4, -0.2) is 23.4 Å². The highest BCUT2D eigenvalue weighted by Gasteiger charge is 2.02. The molecule has 0 aliphatic rings. The standard InChI is InChI=1S/C15H25NO/c1-14(2)11-13-16(17)12-7-6-10-15-8-4-3-5-9-15/h3-5,8-9,14,17H,6-7,10-13H2,1-2H3. The van der Waals surface area contributed by atoms with E-state index in [0.717, 1.165) is 38.8 Å². The fourth-order valence-corrected chi connectivity index (χ4v) is 1.79. The van der Waals surface area contributed by atoms with E-state index in [0.29, 0.717) is 5.92 Å². The third-order valence-corrected chi connectivity index (χ3v) is 2.94. The van der Waals surface area contributed by atoms with Gasteiger partial charge >= 0.3 is 0 Å². The van der Waals surface area contributed by atoms with Crippen molar-refractivity contribution in [2.75, 3.05) is 13.1 Å². The molecule has 0 spiro atoms. The predicted molar refractivity (Wildman–Crippen MR) is 72.2 cm³/mol. The Morgan fingerprint density at radius 2 is 1.76 bits per heavy atom. The summed E-state index contributed by atoms with van der Waals surface area (Å²) in [6, 6.07) is 10.5. The number of hydrogen-bond donors (Lipinski definition) is 1. The molecule has 1 N–H and O–H groups in total. The Labute approximate surface area is 105 Å². The lowest BCUT2D eigenvalue weighted by atomic mass is 10.1. The van der Waals surface area contributed by atoms with Crippen molar-refractivity contribution < 1.29 is 5.21 Å². The van der Waals surface area contributed by atoms with Crippen molar-refractivity contribution >= 4 is 0 Å². The van der Waals surface area contributed by atoms with Gasteiger partial charge in [0.1, 0.15) is 0 Å². The van der Waals surface area contributed by atoms with Crippen LogP contribution in [0.1, 0.15) is 38.7 Å². The molecule has 0 aromatic heterocycles. The topological polar surface area (TPSA) is 23.5 Å². The van der Waals surface area contributed by atoms with Crippen molar-refractivity contribution in [3.63, 3.8) is 0 Å². The molecule has 0 radical (unpaired) electrons. The van der Waals surface area contributed by atoms with Gasteiger partial charge in [0.05, 0.1) is 0 Å². The summed E-state index contributed by atoms with van der Waals surface area (Å²) in [5.74, 6) is 0.661. The van der Waals surface area contributed by atoms with E-state index in [1.165, 1.54) is 10.6 Å². The van der Waals surface area contributed by atoms with E-state index in [1.54, 1.807) is 0 Å². The summed E-state index contributed by atoms with van der Waals surface area (Å²) >= 11 is 0. The van der Waals surface area contributed by atoms with Gasteiger partial charge in [0, 0.05) is 13.1 Å². The van der Waals surface area contributed by atoms with Crippen LogP contribution in [0.25, 0.3) is 0 Å². The average molecular weight is 235 g/mol. The molecule has 0 saturated heterocycles. The highest BCUT2D eigenvalue weighted by Crippen LogP contribution is 2.06. The van der Waals surface area contributed by atoms with Gasteiger partial charge in [-0.3, -0.25) is 0 Å². The third kappa shape index (κ3) is 7.14. The fraction of sp³-hybridized carbons (Fsp3) is 0.600. The normalized spacial score (nSPS) is 11.4. The number of nitrogens with zero attached hydrogens (tertiary/aromatic N) is 1. The smallest absolute Gasteiger partial charge is 0.0240 e. The molecule has 0 bridgehead atoms. The predicted octanol–water partition coefficient (Wildman–Crippen LogP) is 3.75. The van der Waals surface area contributed by atoms with Crippen LogP contribution in [0, 0.1) is 5.92 Å². The van der Waals surface area contributed by atoms with Crippen LogP contribution < -0.4 is 0 Å². The molecule has 96 valence electrons. The minimum absolute atomic E-state index is 0.661. The molecule has 2 heteroatoms. The molecule has 0 heterocycles. The van der Waals surface area contributed by atoms with E-state index < -0.39 is 0 Å². The summed E-state index contributed by atoms with van der Waals surface area (Å²) in [6.07, 6.45) is 4.38. The van der Waals surface area contributed by atoms with Crippen molar-refractivity contribution in [1.29, 1.82) is 0 Å². The van der Waals surface area contributed by atoms with E-state index >= 15 is 0 Å². The molecule has 0 saturated carbocycles. The van der Waals surface area contributed by atoms with E-state index in [1.807, 2.05) is 6.07 Å². The Morgan fingerprint density at radius 1 is 1.06 bits per heavy atom. The molecule has 2 nitrogen and oxygen atoms in total. The molecule has 0 atom stereocenters. The second kappa shape index (κ2) is 8.26. The van der Waals surface area contributed by atoms with E-state index in [2.05, 4.69) is 38.1 Å². The van der Waals surface area contributed by atoms with Gasteiger partial charge in [-0.25, -0.2) is 0 Å². The maximum atomic E-state index is 9.63. The Balaban J connectivity index is 2.04. The Kier molecular flexibility index (Phi) is 6.90. The number of unbranched alkanes of at least 4 members (excludes halogenated alkanes) is 1. The molecule has 1 aromatic rings. The first-order valence-corrected chi connectivity index (χ1v) is 6.66. The van der Waals surface area contributed by atoms with Crippen LogP contribution >= 0.6 is 0 Å². The van der Waals surface area contributed by atoms with Crippen molar-refractivity contribution in [1.82, 2.24) is 5.06 Å². The van der Waals surface area contributed by atoms with E-state index in [-0.39, 0.29) is 0 Å². The van der Waals surface area contributed by atoms with Crippen molar-refractivity contribution in [3.8, 4) is 0 Å². The van der Waals surface area contributed by atoms with Crippen molar-refractivity contribution in [3.05, 3.63) is 35.9 Å². The zero-order valence-electron chi connectivity index (χ0n) is 11.1. The zero-order valence-corrected chi connectivity index (χ0v) is 11.1. The molecule has 0 fully saturated rings. The van der Waals surface area contributed by atoms with Crippen LogP contribution in [0.2, 0.25) is 0 Å². The van der Waals surface area contributed by atoms with Crippen molar-refractivity contribution in [2.24, 2.45) is 5.92 Å². The van der Waals surface area contributed by atoms with Crippen LogP contribution in [0.4, 0.5) is 0 Å². The first kappa shape index (κ1) is 14.2. The Bertz CT molecular complexity index is 284. The molecule has 0 unspecified atom stereocenters. The van der Waals surface area contributed by atoms with E-state index in [9.17, 15) is 5.21 Å². The lowest BCUT2D eigenvalue weighted by molar-refractivity contribution is -0.0939. The lowest BCUT2D eigenvalue weighted by Crippen LogP contribution is -2.22. The number of rotatable bonds is 8. The number of benzene rings is 1. The Morgan fingerprint density at radius 3 is 2.41 bits per heavy atom. The van der Waals surface area contributed by atoms with Gasteiger partial charge in [-0.2, -0.15) is 5.06 Å². The molecule has 1 rings (SSSR count). The van der Waals surface area contributed by atoms with Crippen LogP contribution in [0.15, 0.2) is 30.3 Å². The maximum absolute atomic E-state index is 9.63. The second-order valence-corrected chi connectivity index (χ2v) is 5.08. The van der Waals surface area contributed by atoms with Crippen LogP contribution in [0.3, 0.4) is 0 Å². The highest BCUT2D eigenvalue weighted by atomic mass is 16.5. The highest BCUT2D eigenvalue weighted by molar-refractivity contribution is 5.14. The summed E-state index contributed by atoms with van der Waals surface area (Å²) in [5, 5.41) is 11.1. The largest absolute Gasteiger partial charge is 0.314 e. The first-order chi connectivity index (χ1) is 8.18. The summed E-state index contributed by atoms with van der Waals surface area (Å²) in [6.45, 7) is 5.95. The third-order valence-electron chi connectivity index (χ3n) is 2.94. The lowest BCUT2D eigenvalue weighted by Gasteiger charge is -2.15. The van der Waals surface area contributed by atoms with Gasteiger partial charge in [-0.1, -0.05) is 44.2 Å². The molecule has 1 aromatic carbocycles. The fourth-order valence-electron chi connectivity index (χ4n) is 1.79. The van der Waals surface area contributed by atoms with Gasteiger partial charge in [0.15, 0.2) is 0 Å². The van der Waals surface area contributed by atoms with Gasteiger partial charge in [0.2, 0.25) is 0 Å². The zero-order chi connectivity index (χ0) is 12.5. The van der Waals surface area contributed by atoms with Gasteiger partial charge in [0.25, 0.3) is 0 Å². The quantitative estimate of drug-likeness (QED) is 0.548. The molecule has 0 amide bonds. The van der Waals surface area contributed by atoms with Gasteiger partial charge < -0.3 is 5.21 Å². The first-order valence-electron chi connectivity index (χ1n) is 6.66. The molecule has 17 heavy (non-hydrogen) atoms. The number of hydroxylamine groups is 2. The minimum Gasteiger partial charge on any atom is -0.314 e. The van der Waals surface area contributed by atoms with Crippen LogP contribution in [-0.2, 0) is 6.42 Å². The molecule has 0 aliphatic heterocycles. The summed E-state index contributed by atoms with van der Waals surface area (Å²) in [5.41, 5.74) is 1.39. The average Bonchev–Trinajstić information content (AvgIpc) is 2.33. The maximum Gasteiger partial charge on any atom is 0.0240 e. The van der Waals surface area contributed by atoms with E-state index in [4.69, 9.17) is 0 Å². The van der Waals surface area contributed by atoms with Crippen LogP contribution in [0.5, 0.6) is 0 Å². The minimum atomic E-state index is 0.661. The monoisotopic (exact) mass is 235 g/mol. The summed E-state index contributed by atoms with van der Waals surface area (Å²) in [4.78, 5) is 0. The van der Waals surface area contributed by atoms with Gasteiger partial charge in [-0.05, 0) is 37.2 Å². The second-order valence-electron chi connectivity index (χ2n) is 5.08. The molecule has 0 aliphatic carbocycles. The molecular formula is C15H25NO. The SMILES string of the molecule is CC(C)CCN(O)CCCCc1ccccc1.